The van der Waals surface area contributed by atoms with Crippen LogP contribution in [-0.4, -0.2) is 65.5 Å². The van der Waals surface area contributed by atoms with Crippen LogP contribution >= 0.6 is 11.8 Å². The van der Waals surface area contributed by atoms with E-state index in [9.17, 15) is 13.2 Å². The van der Waals surface area contributed by atoms with Crippen molar-refractivity contribution in [2.75, 3.05) is 32.1 Å². The number of aryl methyl sites for hydroxylation is 1. The summed E-state index contributed by atoms with van der Waals surface area (Å²) in [5.41, 5.74) is 2.56. The fourth-order valence-electron chi connectivity index (χ4n) is 4.05. The van der Waals surface area contributed by atoms with Crippen LogP contribution in [0.25, 0.3) is 11.4 Å². The minimum Gasteiger partial charge on any atom is -0.383 e. The first-order chi connectivity index (χ1) is 18.2. The second kappa shape index (κ2) is 13.4. The number of thioether (sulfide) groups is 1. The first-order valence-corrected chi connectivity index (χ1v) is 15.1. The molecule has 0 saturated heterocycles. The lowest BCUT2D eigenvalue weighted by Crippen LogP contribution is -2.30. The van der Waals surface area contributed by atoms with E-state index in [2.05, 4.69) is 22.4 Å². The quantitative estimate of drug-likeness (QED) is 0.298. The van der Waals surface area contributed by atoms with Gasteiger partial charge in [0.15, 0.2) is 11.0 Å². The molecule has 0 aliphatic rings. The van der Waals surface area contributed by atoms with Gasteiger partial charge in [0.2, 0.25) is 15.9 Å². The van der Waals surface area contributed by atoms with Crippen molar-refractivity contribution in [3.63, 3.8) is 0 Å². The predicted octanol–water partition coefficient (Wildman–Crippen LogP) is 4.86. The number of sulfonamides is 1. The molecule has 9 nitrogen and oxygen atoms in total. The molecule has 0 unspecified atom stereocenters. The van der Waals surface area contributed by atoms with Crippen LogP contribution in [0.1, 0.15) is 46.2 Å². The van der Waals surface area contributed by atoms with Crippen molar-refractivity contribution < 1.29 is 17.9 Å². The molecule has 0 radical (unpaired) electrons. The zero-order valence-electron chi connectivity index (χ0n) is 22.8. The summed E-state index contributed by atoms with van der Waals surface area (Å²) in [6.07, 6.45) is 0.933. The Hall–Kier alpha value is -2.73. The maximum absolute atomic E-state index is 13.1. The molecule has 0 spiro atoms. The van der Waals surface area contributed by atoms with Crippen LogP contribution < -0.4 is 5.32 Å². The molecule has 0 fully saturated rings. The number of nitrogens with one attached hydrogen (secondary N) is 1. The predicted molar refractivity (Wildman–Crippen MR) is 152 cm³/mol. The van der Waals surface area contributed by atoms with Gasteiger partial charge in [0.1, 0.15) is 0 Å². The van der Waals surface area contributed by atoms with Crippen molar-refractivity contribution in [1.29, 1.82) is 0 Å². The monoisotopic (exact) mass is 559 g/mol. The number of benzene rings is 2. The van der Waals surface area contributed by atoms with Crippen molar-refractivity contribution in [2.45, 2.75) is 62.4 Å². The number of nitrogens with zero attached hydrogens (tertiary/aromatic N) is 4. The Kier molecular flexibility index (Phi) is 10.5. The summed E-state index contributed by atoms with van der Waals surface area (Å²) in [4.78, 5) is 13.1. The van der Waals surface area contributed by atoms with Gasteiger partial charge in [-0.15, -0.1) is 10.2 Å². The van der Waals surface area contributed by atoms with Crippen molar-refractivity contribution in [1.82, 2.24) is 19.1 Å². The second-order valence-corrected chi connectivity index (χ2v) is 12.1. The smallest absolute Gasteiger partial charge is 0.243 e. The van der Waals surface area contributed by atoms with Gasteiger partial charge in [0, 0.05) is 31.5 Å². The van der Waals surface area contributed by atoms with Crippen LogP contribution in [0, 0.1) is 0 Å². The molecule has 1 N–H and O–H groups in total. The molecular weight excluding hydrogens is 522 g/mol. The molecule has 206 valence electrons. The summed E-state index contributed by atoms with van der Waals surface area (Å²) in [7, 11) is -2.02. The first-order valence-electron chi connectivity index (χ1n) is 12.8. The number of aromatic nitrogens is 3. The number of hydrogen-bond acceptors (Lipinski definition) is 7. The minimum absolute atomic E-state index is 0.151. The largest absolute Gasteiger partial charge is 0.383 e. The fraction of sp³-hybridized carbons (Fsp3) is 0.444. The topological polar surface area (TPSA) is 106 Å². The highest BCUT2D eigenvalue weighted by atomic mass is 32.2. The SMILES string of the molecule is CCc1ccc(NC(=O)[C@@H](C)Sc2nnc(-c3cccc(S(=O)(=O)N(CC)CC)c3)n2[C@H](C)COC)cc1. The molecule has 1 aromatic heterocycles. The average molecular weight is 560 g/mol. The van der Waals surface area contributed by atoms with Gasteiger partial charge < -0.3 is 10.1 Å². The molecule has 0 aliphatic heterocycles. The number of rotatable bonds is 13. The summed E-state index contributed by atoms with van der Waals surface area (Å²) in [6, 6.07) is 14.4. The molecule has 2 atom stereocenters. The van der Waals surface area contributed by atoms with E-state index in [1.165, 1.54) is 21.6 Å². The Balaban J connectivity index is 1.91. The van der Waals surface area contributed by atoms with E-state index in [0.717, 1.165) is 12.1 Å². The number of amides is 1. The molecule has 0 bridgehead atoms. The molecular formula is C27H37N5O4S2. The molecule has 1 amide bonds. The van der Waals surface area contributed by atoms with Crippen molar-refractivity contribution >= 4 is 33.4 Å². The molecule has 0 saturated carbocycles. The number of ether oxygens (including phenoxy) is 1. The Morgan fingerprint density at radius 1 is 1.08 bits per heavy atom. The van der Waals surface area contributed by atoms with Gasteiger partial charge >= 0.3 is 0 Å². The summed E-state index contributed by atoms with van der Waals surface area (Å²) in [6.45, 7) is 10.7. The van der Waals surface area contributed by atoms with Crippen molar-refractivity contribution in [3.05, 3.63) is 54.1 Å². The van der Waals surface area contributed by atoms with Crippen molar-refractivity contribution in [3.8, 4) is 11.4 Å². The highest BCUT2D eigenvalue weighted by Crippen LogP contribution is 2.32. The number of carbonyl (C=O) groups is 1. The van der Waals surface area contributed by atoms with E-state index in [0.29, 0.717) is 36.2 Å². The first kappa shape index (κ1) is 29.8. The molecule has 11 heteroatoms. The van der Waals surface area contributed by atoms with E-state index in [-0.39, 0.29) is 16.8 Å². The van der Waals surface area contributed by atoms with E-state index in [1.54, 1.807) is 25.3 Å². The van der Waals surface area contributed by atoms with Gasteiger partial charge in [-0.05, 0) is 50.1 Å². The van der Waals surface area contributed by atoms with Gasteiger partial charge in [-0.1, -0.05) is 56.8 Å². The van der Waals surface area contributed by atoms with Crippen molar-refractivity contribution in [2.24, 2.45) is 0 Å². The normalized spacial score (nSPS) is 13.4. The van der Waals surface area contributed by atoms with E-state index < -0.39 is 15.3 Å². The summed E-state index contributed by atoms with van der Waals surface area (Å²) < 4.78 is 35.0. The highest BCUT2D eigenvalue weighted by molar-refractivity contribution is 8.00. The van der Waals surface area contributed by atoms with E-state index >= 15 is 0 Å². The Morgan fingerprint density at radius 2 is 1.76 bits per heavy atom. The van der Waals surface area contributed by atoms with Gasteiger partial charge in [-0.3, -0.25) is 9.36 Å². The Labute approximate surface area is 230 Å². The number of carbonyl (C=O) groups excluding carboxylic acids is 1. The zero-order chi connectivity index (χ0) is 27.9. The molecule has 38 heavy (non-hydrogen) atoms. The highest BCUT2D eigenvalue weighted by Gasteiger charge is 2.26. The van der Waals surface area contributed by atoms with Gasteiger partial charge in [-0.2, -0.15) is 4.31 Å². The summed E-state index contributed by atoms with van der Waals surface area (Å²) in [5.74, 6) is 0.360. The second-order valence-electron chi connectivity index (χ2n) is 8.90. The van der Waals surface area contributed by atoms with E-state index in [4.69, 9.17) is 4.74 Å². The lowest BCUT2D eigenvalue weighted by atomic mass is 10.1. The summed E-state index contributed by atoms with van der Waals surface area (Å²) >= 11 is 1.29. The molecule has 1 heterocycles. The van der Waals surface area contributed by atoms with E-state index in [1.807, 2.05) is 62.6 Å². The fourth-order valence-corrected chi connectivity index (χ4v) is 6.51. The average Bonchev–Trinajstić information content (AvgIpc) is 3.33. The third-order valence-corrected chi connectivity index (χ3v) is 9.33. The lowest BCUT2D eigenvalue weighted by molar-refractivity contribution is -0.115. The number of hydrogen-bond donors (Lipinski definition) is 1. The van der Waals surface area contributed by atoms with Gasteiger partial charge in [-0.25, -0.2) is 8.42 Å². The molecule has 3 aromatic rings. The maximum Gasteiger partial charge on any atom is 0.243 e. The lowest BCUT2D eigenvalue weighted by Gasteiger charge is -2.20. The van der Waals surface area contributed by atoms with Crippen LogP contribution in [0.5, 0.6) is 0 Å². The van der Waals surface area contributed by atoms with Crippen LogP contribution in [-0.2, 0) is 26.0 Å². The van der Waals surface area contributed by atoms with Gasteiger partial charge in [0.05, 0.1) is 22.8 Å². The standard InChI is InChI=1S/C27H37N5O4S2/c1-7-21-13-15-23(16-14-21)28-26(33)20(5)37-27-30-29-25(32(27)19(4)18-36-6)22-11-10-12-24(17-22)38(34,35)31(8-2)9-3/h10-17,19-20H,7-9,18H2,1-6H3,(H,28,33)/t19-,20-/m1/s1. The van der Waals surface area contributed by atoms with Crippen LogP contribution in [0.15, 0.2) is 58.6 Å². The Bertz CT molecular complexity index is 1320. The zero-order valence-corrected chi connectivity index (χ0v) is 24.5. The van der Waals surface area contributed by atoms with Crippen LogP contribution in [0.4, 0.5) is 5.69 Å². The molecule has 3 rings (SSSR count). The van der Waals surface area contributed by atoms with Crippen LogP contribution in [0.2, 0.25) is 0 Å². The summed E-state index contributed by atoms with van der Waals surface area (Å²) in [5, 5.41) is 11.8. The number of anilines is 1. The maximum atomic E-state index is 13.1. The third kappa shape index (κ3) is 6.82. The Morgan fingerprint density at radius 3 is 2.37 bits per heavy atom. The minimum atomic E-state index is -3.64. The molecule has 2 aromatic carbocycles. The van der Waals surface area contributed by atoms with Gasteiger partial charge in [0.25, 0.3) is 0 Å². The number of methoxy groups -OCH3 is 1. The molecule has 0 aliphatic carbocycles. The van der Waals surface area contributed by atoms with Crippen LogP contribution in [0.3, 0.4) is 0 Å². The third-order valence-electron chi connectivity index (χ3n) is 6.23.